The van der Waals surface area contributed by atoms with E-state index in [0.29, 0.717) is 47.8 Å². The second-order valence-electron chi connectivity index (χ2n) is 8.61. The quantitative estimate of drug-likeness (QED) is 0.450. The molecule has 0 spiro atoms. The Morgan fingerprint density at radius 2 is 1.82 bits per heavy atom. The summed E-state index contributed by atoms with van der Waals surface area (Å²) in [6, 6.07) is 6.69. The molecule has 1 aliphatic rings. The molecule has 1 saturated heterocycles. The van der Waals surface area contributed by atoms with Gasteiger partial charge in [-0.25, -0.2) is 28.7 Å². The molecular weight excluding hydrogens is 440 g/mol. The normalized spacial score (nSPS) is 18.4. The Labute approximate surface area is 194 Å². The lowest BCUT2D eigenvalue weighted by atomic mass is 9.91. The number of benzene rings is 1. The number of aryl methyl sites for hydroxylation is 3. The second kappa shape index (κ2) is 8.64. The SMILES string of the molecule is Cc1nc2nc([C@H]3CCO[C@H](c4ccc(=O)n(C)c4)C3)nc(-c3ccc(F)cc3F)c2nc1C. The summed E-state index contributed by atoms with van der Waals surface area (Å²) in [5, 5.41) is 0. The van der Waals surface area contributed by atoms with Gasteiger partial charge in [0.2, 0.25) is 5.56 Å². The van der Waals surface area contributed by atoms with E-state index >= 15 is 0 Å². The van der Waals surface area contributed by atoms with E-state index in [1.54, 1.807) is 19.3 Å². The molecule has 1 fully saturated rings. The summed E-state index contributed by atoms with van der Waals surface area (Å²) < 4.78 is 35.9. The molecule has 174 valence electrons. The Bertz CT molecular complexity index is 1470. The highest BCUT2D eigenvalue weighted by atomic mass is 19.1. The molecule has 0 bridgehead atoms. The van der Waals surface area contributed by atoms with E-state index in [9.17, 15) is 13.6 Å². The minimum absolute atomic E-state index is 0.0777. The zero-order valence-corrected chi connectivity index (χ0v) is 19.0. The van der Waals surface area contributed by atoms with Crippen molar-refractivity contribution in [2.45, 2.75) is 38.7 Å². The number of hydrogen-bond donors (Lipinski definition) is 0. The van der Waals surface area contributed by atoms with Gasteiger partial charge < -0.3 is 9.30 Å². The summed E-state index contributed by atoms with van der Waals surface area (Å²) in [5.74, 6) is -0.948. The fourth-order valence-electron chi connectivity index (χ4n) is 4.25. The van der Waals surface area contributed by atoms with Crippen molar-refractivity contribution in [3.05, 3.63) is 81.3 Å². The molecule has 0 aliphatic carbocycles. The lowest BCUT2D eigenvalue weighted by molar-refractivity contribution is 0.00364. The first-order valence-electron chi connectivity index (χ1n) is 11.1. The fraction of sp³-hybridized carbons (Fsp3) is 0.320. The Hall–Kier alpha value is -3.59. The van der Waals surface area contributed by atoms with Gasteiger partial charge in [0.05, 0.1) is 17.5 Å². The lowest BCUT2D eigenvalue weighted by Crippen LogP contribution is -2.23. The van der Waals surface area contributed by atoms with Crippen LogP contribution in [0.2, 0.25) is 0 Å². The minimum atomic E-state index is -0.721. The maximum absolute atomic E-state index is 14.8. The zero-order valence-electron chi connectivity index (χ0n) is 19.0. The molecule has 1 aliphatic heterocycles. The van der Waals surface area contributed by atoms with Crippen LogP contribution < -0.4 is 5.56 Å². The number of pyridine rings is 1. The Kier molecular flexibility index (Phi) is 5.65. The number of ether oxygens (including phenoxy) is 1. The van der Waals surface area contributed by atoms with Gasteiger partial charge in [-0.2, -0.15) is 0 Å². The van der Waals surface area contributed by atoms with Crippen LogP contribution in [0.1, 0.15) is 47.6 Å². The van der Waals surface area contributed by atoms with E-state index < -0.39 is 11.6 Å². The van der Waals surface area contributed by atoms with Crippen molar-refractivity contribution in [3.63, 3.8) is 0 Å². The zero-order chi connectivity index (χ0) is 24.0. The second-order valence-corrected chi connectivity index (χ2v) is 8.61. The molecule has 3 aromatic heterocycles. The van der Waals surface area contributed by atoms with Gasteiger partial charge in [0.1, 0.15) is 28.7 Å². The first-order chi connectivity index (χ1) is 16.3. The standard InChI is InChI=1S/C25H23F2N5O2/c1-13-14(2)29-25-23(28-13)22(18-6-5-17(26)11-19(18)27)30-24(31-25)15-8-9-34-20(10-15)16-4-7-21(33)32(3)12-16/h4-7,11-12,15,20H,8-10H2,1-3H3/t15-,20-/m0/s1. The van der Waals surface area contributed by atoms with Crippen LogP contribution in [0.15, 0.2) is 41.3 Å². The largest absolute Gasteiger partial charge is 0.373 e. The summed E-state index contributed by atoms with van der Waals surface area (Å²) in [5.41, 5.74) is 3.39. The van der Waals surface area contributed by atoms with Crippen LogP contribution in [0.25, 0.3) is 22.4 Å². The Morgan fingerprint density at radius 3 is 2.59 bits per heavy atom. The lowest BCUT2D eigenvalue weighted by Gasteiger charge is -2.29. The van der Waals surface area contributed by atoms with Crippen LogP contribution in [-0.2, 0) is 11.8 Å². The van der Waals surface area contributed by atoms with Gasteiger partial charge in [-0.15, -0.1) is 0 Å². The summed E-state index contributed by atoms with van der Waals surface area (Å²) in [6.45, 7) is 4.14. The molecule has 9 heteroatoms. The van der Waals surface area contributed by atoms with Crippen LogP contribution in [0.5, 0.6) is 0 Å². The maximum Gasteiger partial charge on any atom is 0.250 e. The van der Waals surface area contributed by atoms with Crippen LogP contribution >= 0.6 is 0 Å². The van der Waals surface area contributed by atoms with Crippen molar-refractivity contribution in [1.29, 1.82) is 0 Å². The van der Waals surface area contributed by atoms with Crippen molar-refractivity contribution >= 4 is 11.2 Å². The van der Waals surface area contributed by atoms with E-state index in [-0.39, 0.29) is 23.1 Å². The van der Waals surface area contributed by atoms with Crippen LogP contribution in [0, 0.1) is 25.5 Å². The highest BCUT2D eigenvalue weighted by Gasteiger charge is 2.29. The third-order valence-electron chi connectivity index (χ3n) is 6.28. The molecule has 4 aromatic rings. The van der Waals surface area contributed by atoms with E-state index in [2.05, 4.69) is 9.97 Å². The molecule has 1 aromatic carbocycles. The van der Waals surface area contributed by atoms with Crippen molar-refractivity contribution in [2.75, 3.05) is 6.61 Å². The van der Waals surface area contributed by atoms with Gasteiger partial charge in [0, 0.05) is 43.5 Å². The van der Waals surface area contributed by atoms with E-state index in [1.807, 2.05) is 13.8 Å². The average Bonchev–Trinajstić information content (AvgIpc) is 2.81. The van der Waals surface area contributed by atoms with Gasteiger partial charge in [0.15, 0.2) is 5.65 Å². The third-order valence-corrected chi connectivity index (χ3v) is 6.28. The number of halogens is 2. The molecule has 7 nitrogen and oxygen atoms in total. The number of rotatable bonds is 3. The third kappa shape index (κ3) is 4.07. The minimum Gasteiger partial charge on any atom is -0.373 e. The predicted octanol–water partition coefficient (Wildman–Crippen LogP) is 4.32. The number of hydrogen-bond acceptors (Lipinski definition) is 6. The van der Waals surface area contributed by atoms with Gasteiger partial charge in [-0.1, -0.05) is 0 Å². The summed E-state index contributed by atoms with van der Waals surface area (Å²) in [4.78, 5) is 30.4. The van der Waals surface area contributed by atoms with Crippen molar-refractivity contribution in [2.24, 2.45) is 7.05 Å². The van der Waals surface area contributed by atoms with Crippen molar-refractivity contribution < 1.29 is 13.5 Å². The van der Waals surface area contributed by atoms with Gasteiger partial charge in [0.25, 0.3) is 0 Å². The van der Waals surface area contributed by atoms with Gasteiger partial charge in [-0.05, 0) is 50.5 Å². The molecule has 0 unspecified atom stereocenters. The van der Waals surface area contributed by atoms with Gasteiger partial charge in [-0.3, -0.25) is 4.79 Å². The average molecular weight is 463 g/mol. The highest BCUT2D eigenvalue weighted by Crippen LogP contribution is 2.37. The molecular formula is C25H23F2N5O2. The Morgan fingerprint density at radius 1 is 1.03 bits per heavy atom. The van der Waals surface area contributed by atoms with Crippen molar-refractivity contribution in [1.82, 2.24) is 24.5 Å². The molecule has 34 heavy (non-hydrogen) atoms. The molecule has 4 heterocycles. The predicted molar refractivity (Wildman–Crippen MR) is 122 cm³/mol. The van der Waals surface area contributed by atoms with E-state index in [0.717, 1.165) is 17.3 Å². The number of fused-ring (bicyclic) bond motifs is 1. The molecule has 0 saturated carbocycles. The molecule has 5 rings (SSSR count). The van der Waals surface area contributed by atoms with E-state index in [1.165, 1.54) is 22.8 Å². The number of aromatic nitrogens is 5. The monoisotopic (exact) mass is 463 g/mol. The fourth-order valence-corrected chi connectivity index (χ4v) is 4.25. The molecule has 0 radical (unpaired) electrons. The van der Waals surface area contributed by atoms with Crippen LogP contribution in [0.3, 0.4) is 0 Å². The number of nitrogens with zero attached hydrogens (tertiary/aromatic N) is 5. The Balaban J connectivity index is 1.61. The smallest absolute Gasteiger partial charge is 0.250 e. The van der Waals surface area contributed by atoms with E-state index in [4.69, 9.17) is 14.7 Å². The topological polar surface area (TPSA) is 82.8 Å². The van der Waals surface area contributed by atoms with Crippen LogP contribution in [0.4, 0.5) is 8.78 Å². The summed E-state index contributed by atoms with van der Waals surface area (Å²) >= 11 is 0. The molecule has 2 atom stereocenters. The maximum atomic E-state index is 14.8. The molecule has 0 amide bonds. The first-order valence-corrected chi connectivity index (χ1v) is 11.1. The molecule has 0 N–H and O–H groups in total. The summed E-state index contributed by atoms with van der Waals surface area (Å²) in [7, 11) is 1.70. The van der Waals surface area contributed by atoms with Gasteiger partial charge >= 0.3 is 0 Å². The first kappa shape index (κ1) is 22.2. The van der Waals surface area contributed by atoms with Crippen LogP contribution in [-0.4, -0.2) is 31.1 Å². The summed E-state index contributed by atoms with van der Waals surface area (Å²) in [6.07, 6.45) is 2.81. The highest BCUT2D eigenvalue weighted by molar-refractivity contribution is 5.87. The van der Waals surface area contributed by atoms with Crippen molar-refractivity contribution in [3.8, 4) is 11.3 Å².